The minimum atomic E-state index is -0.381. The van der Waals surface area contributed by atoms with Gasteiger partial charge in [0, 0.05) is 16.0 Å². The van der Waals surface area contributed by atoms with E-state index in [1.165, 1.54) is 0 Å². The molecule has 3 nitrogen and oxygen atoms in total. The van der Waals surface area contributed by atoms with Crippen LogP contribution in [-0.4, -0.2) is 29.2 Å². The highest BCUT2D eigenvalue weighted by atomic mass is 79.9. The summed E-state index contributed by atoms with van der Waals surface area (Å²) in [7, 11) is 0. The van der Waals surface area contributed by atoms with Gasteiger partial charge in [0.2, 0.25) is 0 Å². The SMILES string of the molecule is O=C1C(=O)N(C2CSC2)c2ccc(Br)cc21. The number of thioether (sulfide) groups is 1. The highest BCUT2D eigenvalue weighted by Gasteiger charge is 2.41. The lowest BCUT2D eigenvalue weighted by molar-refractivity contribution is -0.114. The zero-order valence-electron chi connectivity index (χ0n) is 8.27. The molecule has 2 heterocycles. The Kier molecular flexibility index (Phi) is 2.33. The van der Waals surface area contributed by atoms with Crippen LogP contribution in [0.1, 0.15) is 10.4 Å². The number of halogens is 1. The number of ketones is 1. The molecule has 1 aromatic carbocycles. The Labute approximate surface area is 105 Å². The highest BCUT2D eigenvalue weighted by molar-refractivity contribution is 9.10. The first kappa shape index (κ1) is 10.4. The molecule has 1 saturated heterocycles. The van der Waals surface area contributed by atoms with Gasteiger partial charge in [-0.2, -0.15) is 11.8 Å². The number of hydrogen-bond acceptors (Lipinski definition) is 3. The van der Waals surface area contributed by atoms with Crippen LogP contribution < -0.4 is 4.90 Å². The van der Waals surface area contributed by atoms with E-state index in [1.807, 2.05) is 12.1 Å². The monoisotopic (exact) mass is 297 g/mol. The van der Waals surface area contributed by atoms with Crippen molar-refractivity contribution in [1.29, 1.82) is 0 Å². The number of amides is 1. The van der Waals surface area contributed by atoms with Crippen molar-refractivity contribution in [3.05, 3.63) is 28.2 Å². The van der Waals surface area contributed by atoms with Crippen LogP contribution >= 0.6 is 27.7 Å². The third kappa shape index (κ3) is 1.34. The van der Waals surface area contributed by atoms with Gasteiger partial charge in [0.05, 0.1) is 17.3 Å². The standard InChI is InChI=1S/C11H8BrNO2S/c12-6-1-2-9-8(3-6)10(14)11(15)13(9)7-4-16-5-7/h1-3,7H,4-5H2. The molecule has 0 bridgehead atoms. The molecule has 1 fully saturated rings. The van der Waals surface area contributed by atoms with E-state index in [4.69, 9.17) is 0 Å². The zero-order valence-corrected chi connectivity index (χ0v) is 10.7. The quantitative estimate of drug-likeness (QED) is 0.745. The van der Waals surface area contributed by atoms with E-state index < -0.39 is 0 Å². The molecule has 1 amide bonds. The number of rotatable bonds is 1. The minimum absolute atomic E-state index is 0.198. The first-order valence-corrected chi connectivity index (χ1v) is 6.88. The number of Topliss-reactive ketones (excluding diaryl/α,β-unsaturated/α-hetero) is 1. The summed E-state index contributed by atoms with van der Waals surface area (Å²) in [5.74, 6) is 1.09. The molecule has 16 heavy (non-hydrogen) atoms. The molecule has 2 aliphatic heterocycles. The average Bonchev–Trinajstić information content (AvgIpc) is 2.42. The molecule has 0 aromatic heterocycles. The molecule has 0 unspecified atom stereocenters. The molecule has 1 aromatic rings. The minimum Gasteiger partial charge on any atom is -0.300 e. The lowest BCUT2D eigenvalue weighted by atomic mass is 10.1. The molecule has 5 heteroatoms. The maximum Gasteiger partial charge on any atom is 0.299 e. The molecule has 0 atom stereocenters. The van der Waals surface area contributed by atoms with Crippen molar-refractivity contribution in [3.63, 3.8) is 0 Å². The Morgan fingerprint density at radius 1 is 1.31 bits per heavy atom. The van der Waals surface area contributed by atoms with Gasteiger partial charge < -0.3 is 4.90 Å². The van der Waals surface area contributed by atoms with E-state index in [-0.39, 0.29) is 17.7 Å². The summed E-state index contributed by atoms with van der Waals surface area (Å²) in [5.41, 5.74) is 1.29. The second-order valence-electron chi connectivity index (χ2n) is 3.86. The van der Waals surface area contributed by atoms with Crippen molar-refractivity contribution in [1.82, 2.24) is 0 Å². The van der Waals surface area contributed by atoms with Crippen LogP contribution in [0.25, 0.3) is 0 Å². The van der Waals surface area contributed by atoms with Crippen molar-refractivity contribution in [2.45, 2.75) is 6.04 Å². The molecule has 2 aliphatic rings. The molecule has 0 aliphatic carbocycles. The topological polar surface area (TPSA) is 37.4 Å². The van der Waals surface area contributed by atoms with E-state index in [2.05, 4.69) is 15.9 Å². The number of benzene rings is 1. The number of fused-ring (bicyclic) bond motifs is 1. The summed E-state index contributed by atoms with van der Waals surface area (Å²) >= 11 is 5.11. The zero-order chi connectivity index (χ0) is 11.3. The Balaban J connectivity index is 2.10. The molecule has 0 radical (unpaired) electrons. The summed E-state index contributed by atoms with van der Waals surface area (Å²) in [5, 5.41) is 0. The molecule has 0 saturated carbocycles. The molecule has 0 spiro atoms. The van der Waals surface area contributed by atoms with Crippen molar-refractivity contribution in [2.24, 2.45) is 0 Å². The van der Waals surface area contributed by atoms with Gasteiger partial charge in [-0.15, -0.1) is 0 Å². The van der Waals surface area contributed by atoms with E-state index >= 15 is 0 Å². The first-order chi connectivity index (χ1) is 7.68. The molecular weight excluding hydrogens is 290 g/mol. The fourth-order valence-corrected chi connectivity index (χ4v) is 3.07. The van der Waals surface area contributed by atoms with Gasteiger partial charge in [-0.05, 0) is 18.2 Å². The molecule has 82 valence electrons. The van der Waals surface area contributed by atoms with Crippen LogP contribution in [0.5, 0.6) is 0 Å². The summed E-state index contributed by atoms with van der Waals surface area (Å²) in [6.45, 7) is 0. The van der Waals surface area contributed by atoms with Crippen molar-refractivity contribution in [2.75, 3.05) is 16.4 Å². The predicted octanol–water partition coefficient (Wildman–Crippen LogP) is 2.09. The van der Waals surface area contributed by atoms with Gasteiger partial charge in [0.15, 0.2) is 0 Å². The van der Waals surface area contributed by atoms with Crippen molar-refractivity contribution in [3.8, 4) is 0 Å². The van der Waals surface area contributed by atoms with Gasteiger partial charge >= 0.3 is 0 Å². The Morgan fingerprint density at radius 3 is 2.69 bits per heavy atom. The molecule has 3 rings (SSSR count). The lowest BCUT2D eigenvalue weighted by Gasteiger charge is -2.33. The van der Waals surface area contributed by atoms with Crippen molar-refractivity contribution >= 4 is 45.1 Å². The summed E-state index contributed by atoms with van der Waals surface area (Å²) in [6, 6.07) is 5.62. The van der Waals surface area contributed by atoms with Crippen molar-refractivity contribution < 1.29 is 9.59 Å². The second-order valence-corrected chi connectivity index (χ2v) is 5.85. The normalized spacial score (nSPS) is 19.9. The molecular formula is C11H8BrNO2S. The fourth-order valence-electron chi connectivity index (χ4n) is 1.97. The van der Waals surface area contributed by atoms with E-state index in [1.54, 1.807) is 22.7 Å². The number of nitrogens with zero attached hydrogens (tertiary/aromatic N) is 1. The Morgan fingerprint density at radius 2 is 2.06 bits per heavy atom. The van der Waals surface area contributed by atoms with Crippen LogP contribution in [0.3, 0.4) is 0 Å². The van der Waals surface area contributed by atoms with Crippen LogP contribution in [0, 0.1) is 0 Å². The fraction of sp³-hybridized carbons (Fsp3) is 0.273. The van der Waals surface area contributed by atoms with Crippen LogP contribution in [0.2, 0.25) is 0 Å². The summed E-state index contributed by atoms with van der Waals surface area (Å²) in [6.07, 6.45) is 0. The first-order valence-electron chi connectivity index (χ1n) is 4.93. The van der Waals surface area contributed by atoms with E-state index in [0.29, 0.717) is 5.56 Å². The second kappa shape index (κ2) is 3.60. The predicted molar refractivity (Wildman–Crippen MR) is 67.1 cm³/mol. The van der Waals surface area contributed by atoms with E-state index in [9.17, 15) is 9.59 Å². The average molecular weight is 298 g/mol. The van der Waals surface area contributed by atoms with Gasteiger partial charge in [0.1, 0.15) is 0 Å². The summed E-state index contributed by atoms with van der Waals surface area (Å²) in [4.78, 5) is 25.3. The third-order valence-electron chi connectivity index (χ3n) is 2.86. The number of hydrogen-bond donors (Lipinski definition) is 0. The Hall–Kier alpha value is -0.810. The van der Waals surface area contributed by atoms with Gasteiger partial charge in [-0.25, -0.2) is 0 Å². The largest absolute Gasteiger partial charge is 0.300 e. The maximum absolute atomic E-state index is 11.9. The van der Waals surface area contributed by atoms with Crippen LogP contribution in [-0.2, 0) is 4.79 Å². The van der Waals surface area contributed by atoms with Gasteiger partial charge in [-0.3, -0.25) is 9.59 Å². The molecule has 0 N–H and O–H groups in total. The lowest BCUT2D eigenvalue weighted by Crippen LogP contribution is -2.47. The third-order valence-corrected chi connectivity index (χ3v) is 4.60. The smallest absolute Gasteiger partial charge is 0.299 e. The van der Waals surface area contributed by atoms with Gasteiger partial charge in [-0.1, -0.05) is 15.9 Å². The Bertz CT molecular complexity index is 499. The highest BCUT2D eigenvalue weighted by Crippen LogP contribution is 2.36. The van der Waals surface area contributed by atoms with Gasteiger partial charge in [0.25, 0.3) is 11.7 Å². The number of carbonyl (C=O) groups is 2. The number of carbonyl (C=O) groups excluding carboxylic acids is 2. The summed E-state index contributed by atoms with van der Waals surface area (Å²) < 4.78 is 0.831. The number of anilines is 1. The van der Waals surface area contributed by atoms with Crippen LogP contribution in [0.15, 0.2) is 22.7 Å². The van der Waals surface area contributed by atoms with Crippen LogP contribution in [0.4, 0.5) is 5.69 Å². The maximum atomic E-state index is 11.9. The van der Waals surface area contributed by atoms with E-state index in [0.717, 1.165) is 21.7 Å².